The quantitative estimate of drug-likeness (QED) is 0.162. The maximum atomic E-state index is 14.8. The highest BCUT2D eigenvalue weighted by Crippen LogP contribution is 2.47. The number of nitrogens with one attached hydrogen (secondary N) is 3. The van der Waals surface area contributed by atoms with E-state index < -0.39 is 23.2 Å². The number of hydrogen-bond donors (Lipinski definition) is 4. The second kappa shape index (κ2) is 19.6. The molecule has 2 aliphatic heterocycles. The van der Waals surface area contributed by atoms with E-state index in [1.807, 2.05) is 4.90 Å². The van der Waals surface area contributed by atoms with Crippen molar-refractivity contribution in [3.63, 3.8) is 0 Å². The van der Waals surface area contributed by atoms with Crippen LogP contribution in [0.15, 0.2) is 24.5 Å². The number of hydrogen-bond acceptors (Lipinski definition) is 10. The van der Waals surface area contributed by atoms with Crippen LogP contribution < -0.4 is 21.7 Å². The molecule has 6 rings (SSSR count). The third-order valence-corrected chi connectivity index (χ3v) is 12.6. The molecule has 2 saturated carbocycles. The van der Waals surface area contributed by atoms with Gasteiger partial charge in [0, 0.05) is 31.1 Å². The molecule has 0 radical (unpaired) electrons. The number of nitrogens with two attached hydrogens (primary N) is 1. The van der Waals surface area contributed by atoms with Crippen LogP contribution in [0.2, 0.25) is 0 Å². The summed E-state index contributed by atoms with van der Waals surface area (Å²) < 4.78 is 52.0. The summed E-state index contributed by atoms with van der Waals surface area (Å²) in [5, 5.41) is 10.7. The fourth-order valence-electron chi connectivity index (χ4n) is 9.57. The number of fused-ring (bicyclic) bond motifs is 1. The van der Waals surface area contributed by atoms with Crippen molar-refractivity contribution >= 4 is 28.5 Å². The molecule has 4 atom stereocenters. The fourth-order valence-corrected chi connectivity index (χ4v) is 9.57. The third-order valence-electron chi connectivity index (χ3n) is 12.6. The Morgan fingerprint density at radius 2 is 1.73 bits per heavy atom. The number of rotatable bonds is 17. The van der Waals surface area contributed by atoms with Gasteiger partial charge < -0.3 is 41.0 Å². The zero-order chi connectivity index (χ0) is 39.7. The van der Waals surface area contributed by atoms with Crippen LogP contribution in [0, 0.1) is 17.3 Å². The van der Waals surface area contributed by atoms with Crippen LogP contribution in [0.4, 0.5) is 19.0 Å². The zero-order valence-corrected chi connectivity index (χ0v) is 33.3. The Morgan fingerprint density at radius 1 is 0.982 bits per heavy atom. The first-order valence-electron chi connectivity index (χ1n) is 21.0. The second-order valence-corrected chi connectivity index (χ2v) is 16.8. The molecule has 2 aromatic rings. The van der Waals surface area contributed by atoms with Crippen LogP contribution in [0.5, 0.6) is 0 Å². The summed E-state index contributed by atoms with van der Waals surface area (Å²) in [5.74, 6) is 1.01. The molecule has 0 spiro atoms. The summed E-state index contributed by atoms with van der Waals surface area (Å²) in [5.41, 5.74) is 4.62. The SMILES string of the molecule is CC(C)CN[C@@H]1CC[C@H](N2CC[C@H](Nc3ncnc4ccc(C(F)(F)F)cc34)C2=O)[C@H](NC(=O)C2(C3CCN(CCOCCOCCN)CC3)CCCCC2)C1. The number of ether oxygens (including phenoxy) is 2. The number of carbonyl (C=O) groups is 2. The number of anilines is 1. The van der Waals surface area contributed by atoms with E-state index in [-0.39, 0.29) is 41.1 Å². The molecule has 15 heteroatoms. The summed E-state index contributed by atoms with van der Waals surface area (Å²) in [6.45, 7) is 11.3. The number of aromatic nitrogens is 2. The van der Waals surface area contributed by atoms with Gasteiger partial charge in [-0.25, -0.2) is 9.97 Å². The van der Waals surface area contributed by atoms with Crippen molar-refractivity contribution in [2.75, 3.05) is 71.0 Å². The minimum absolute atomic E-state index is 0.117. The summed E-state index contributed by atoms with van der Waals surface area (Å²) in [4.78, 5) is 41.8. The van der Waals surface area contributed by atoms with Gasteiger partial charge >= 0.3 is 6.18 Å². The molecule has 2 amide bonds. The lowest BCUT2D eigenvalue weighted by Crippen LogP contribution is -2.61. The molecule has 1 aromatic carbocycles. The van der Waals surface area contributed by atoms with Crippen LogP contribution in [-0.2, 0) is 25.2 Å². The zero-order valence-electron chi connectivity index (χ0n) is 33.3. The van der Waals surface area contributed by atoms with Crippen LogP contribution >= 0.6 is 0 Å². The van der Waals surface area contributed by atoms with E-state index >= 15 is 0 Å². The van der Waals surface area contributed by atoms with Gasteiger partial charge in [-0.05, 0) is 101 Å². The number of benzene rings is 1. The molecule has 2 saturated heterocycles. The van der Waals surface area contributed by atoms with E-state index in [2.05, 4.69) is 44.7 Å². The normalized spacial score (nSPS) is 25.3. The Morgan fingerprint density at radius 3 is 2.45 bits per heavy atom. The topological polar surface area (TPSA) is 147 Å². The summed E-state index contributed by atoms with van der Waals surface area (Å²) >= 11 is 0. The van der Waals surface area contributed by atoms with Gasteiger partial charge in [-0.3, -0.25) is 9.59 Å². The van der Waals surface area contributed by atoms with Crippen LogP contribution in [0.25, 0.3) is 10.9 Å². The van der Waals surface area contributed by atoms with Crippen LogP contribution in [0.1, 0.15) is 90.0 Å². The van der Waals surface area contributed by atoms with E-state index in [9.17, 15) is 22.8 Å². The Hall–Kier alpha value is -3.11. The lowest BCUT2D eigenvalue weighted by molar-refractivity contribution is -0.142. The van der Waals surface area contributed by atoms with Crippen molar-refractivity contribution in [2.45, 2.75) is 115 Å². The molecule has 0 unspecified atom stereocenters. The van der Waals surface area contributed by atoms with Crippen molar-refractivity contribution in [3.05, 3.63) is 30.1 Å². The molecule has 4 aliphatic rings. The van der Waals surface area contributed by atoms with Gasteiger partial charge in [0.05, 0.1) is 55.0 Å². The highest BCUT2D eigenvalue weighted by Gasteiger charge is 2.49. The van der Waals surface area contributed by atoms with E-state index in [0.717, 1.165) is 103 Å². The van der Waals surface area contributed by atoms with Crippen LogP contribution in [-0.4, -0.2) is 121 Å². The molecule has 312 valence electrons. The Bertz CT molecular complexity index is 1580. The molecule has 12 nitrogen and oxygen atoms in total. The van der Waals surface area contributed by atoms with Crippen molar-refractivity contribution in [1.82, 2.24) is 30.4 Å². The van der Waals surface area contributed by atoms with Gasteiger partial charge in [-0.15, -0.1) is 0 Å². The summed E-state index contributed by atoms with van der Waals surface area (Å²) in [7, 11) is 0. The maximum Gasteiger partial charge on any atom is 0.416 e. The molecule has 1 aromatic heterocycles. The van der Waals surface area contributed by atoms with Crippen LogP contribution in [0.3, 0.4) is 0 Å². The van der Waals surface area contributed by atoms with Crippen molar-refractivity contribution < 1.29 is 32.2 Å². The average molecular weight is 789 g/mol. The van der Waals surface area contributed by atoms with E-state index in [1.165, 1.54) is 12.4 Å². The number of alkyl halides is 3. The molecule has 5 N–H and O–H groups in total. The molecular formula is C41H63F3N8O4. The molecule has 3 heterocycles. The predicted octanol–water partition coefficient (Wildman–Crippen LogP) is 4.97. The largest absolute Gasteiger partial charge is 0.416 e. The smallest absolute Gasteiger partial charge is 0.378 e. The first-order valence-corrected chi connectivity index (χ1v) is 21.0. The minimum atomic E-state index is -4.52. The average Bonchev–Trinajstić information content (AvgIpc) is 3.55. The first-order chi connectivity index (χ1) is 27.0. The Balaban J connectivity index is 1.13. The number of amides is 2. The number of piperidine rings is 1. The maximum absolute atomic E-state index is 14.8. The summed E-state index contributed by atoms with van der Waals surface area (Å²) in [6, 6.07) is 2.54. The number of likely N-dealkylation sites (tertiary alicyclic amines) is 2. The van der Waals surface area contributed by atoms with Gasteiger partial charge in [0.15, 0.2) is 0 Å². The lowest BCUT2D eigenvalue weighted by Gasteiger charge is -2.48. The number of nitrogens with zero attached hydrogens (tertiary/aromatic N) is 4. The highest BCUT2D eigenvalue weighted by atomic mass is 19.4. The lowest BCUT2D eigenvalue weighted by atomic mass is 9.62. The number of halogens is 3. The van der Waals surface area contributed by atoms with Crippen molar-refractivity contribution in [2.24, 2.45) is 23.0 Å². The van der Waals surface area contributed by atoms with E-state index in [0.29, 0.717) is 63.3 Å². The van der Waals surface area contributed by atoms with Gasteiger partial charge in [-0.2, -0.15) is 13.2 Å². The molecule has 56 heavy (non-hydrogen) atoms. The van der Waals surface area contributed by atoms with Gasteiger partial charge in [-0.1, -0.05) is 33.1 Å². The molecule has 4 fully saturated rings. The monoisotopic (exact) mass is 788 g/mol. The van der Waals surface area contributed by atoms with Gasteiger partial charge in [0.2, 0.25) is 11.8 Å². The standard InChI is InChI=1S/C41H63F3N8O4/c1-28(2)26-46-31-7-9-36(52-18-12-34(38(52)53)49-37-32-24-30(41(42,43)44)6-8-33(32)47-27-48-37)35(25-31)50-39(54)40(13-4-3-5-14-40)29-10-16-51(17-11-29)19-21-56-23-22-55-20-15-45/h6,8,24,27-29,31,34-36,46H,3-5,7,9-23,25-26,45H2,1-2H3,(H,50,54)(H,47,48,49)/t31-,34+,35-,36+/m1/s1. The van der Waals surface area contributed by atoms with Crippen molar-refractivity contribution in [3.8, 4) is 0 Å². The first kappa shape index (κ1) is 42.5. The Labute approximate surface area is 329 Å². The second-order valence-electron chi connectivity index (χ2n) is 16.8. The molecule has 0 bridgehead atoms. The van der Waals surface area contributed by atoms with E-state index in [1.54, 1.807) is 0 Å². The highest BCUT2D eigenvalue weighted by molar-refractivity contribution is 5.93. The van der Waals surface area contributed by atoms with Gasteiger partial charge in [0.1, 0.15) is 18.2 Å². The third kappa shape index (κ3) is 10.5. The minimum Gasteiger partial charge on any atom is -0.378 e. The van der Waals surface area contributed by atoms with E-state index in [4.69, 9.17) is 15.2 Å². The molecular weight excluding hydrogens is 725 g/mol. The fraction of sp³-hybridized carbons (Fsp3) is 0.756. The Kier molecular flexibility index (Phi) is 14.8. The summed E-state index contributed by atoms with van der Waals surface area (Å²) in [6.07, 6.45) is 6.57. The molecule has 2 aliphatic carbocycles. The van der Waals surface area contributed by atoms with Gasteiger partial charge in [0.25, 0.3) is 0 Å². The van der Waals surface area contributed by atoms with Crippen molar-refractivity contribution in [1.29, 1.82) is 0 Å². The predicted molar refractivity (Wildman–Crippen MR) is 210 cm³/mol. The number of carbonyl (C=O) groups excluding carboxylic acids is 2.